The van der Waals surface area contributed by atoms with Crippen LogP contribution in [0.5, 0.6) is 0 Å². The van der Waals surface area contributed by atoms with Crippen molar-refractivity contribution in [3.8, 4) is 0 Å². The fourth-order valence-electron chi connectivity index (χ4n) is 1.25. The Labute approximate surface area is 87.4 Å². The molecule has 1 aromatic rings. The molecule has 0 aliphatic carbocycles. The number of nitrogens with one attached hydrogen (secondary N) is 1. The van der Waals surface area contributed by atoms with Crippen molar-refractivity contribution in [1.82, 2.24) is 10.4 Å². The van der Waals surface area contributed by atoms with Crippen molar-refractivity contribution in [2.75, 3.05) is 5.88 Å². The molecule has 0 radical (unpaired) electrons. The smallest absolute Gasteiger partial charge is 0.141 e. The van der Waals surface area contributed by atoms with Crippen molar-refractivity contribution in [1.29, 1.82) is 0 Å². The second-order valence-corrected chi connectivity index (χ2v) is 3.36. The molecule has 1 rings (SSSR count). The molecule has 1 heterocycles. The normalized spacial score (nSPS) is 12.8. The van der Waals surface area contributed by atoms with E-state index in [0.717, 1.165) is 18.4 Å². The number of hydrogen-bond acceptors (Lipinski definition) is 3. The van der Waals surface area contributed by atoms with Crippen molar-refractivity contribution < 1.29 is 4.39 Å². The van der Waals surface area contributed by atoms with Crippen LogP contribution in [-0.2, 0) is 0 Å². The summed E-state index contributed by atoms with van der Waals surface area (Å²) in [4.78, 5) is 3.76. The average Bonchev–Trinajstić information content (AvgIpc) is 2.19. The lowest BCUT2D eigenvalue weighted by molar-refractivity contribution is 0.504. The molecule has 3 nitrogen and oxygen atoms in total. The summed E-state index contributed by atoms with van der Waals surface area (Å²) in [6, 6.07) is 1.34. The van der Waals surface area contributed by atoms with Crippen LogP contribution in [0.25, 0.3) is 0 Å². The molecule has 0 saturated carbocycles. The first-order valence-electron chi connectivity index (χ1n) is 4.40. The molecule has 1 aromatic heterocycles. The molecule has 5 heteroatoms. The molecule has 1 atom stereocenters. The maximum atomic E-state index is 12.8. The Bertz CT molecular complexity index is 283. The van der Waals surface area contributed by atoms with Gasteiger partial charge >= 0.3 is 0 Å². The molecule has 14 heavy (non-hydrogen) atoms. The second-order valence-electron chi connectivity index (χ2n) is 2.99. The van der Waals surface area contributed by atoms with E-state index in [1.807, 2.05) is 0 Å². The summed E-state index contributed by atoms with van der Waals surface area (Å²) in [7, 11) is 0. The zero-order chi connectivity index (χ0) is 10.4. The number of pyridine rings is 1. The van der Waals surface area contributed by atoms with Gasteiger partial charge in [-0.1, -0.05) is 0 Å². The highest BCUT2D eigenvalue weighted by Gasteiger charge is 2.09. The van der Waals surface area contributed by atoms with E-state index in [-0.39, 0.29) is 11.9 Å². The van der Waals surface area contributed by atoms with Crippen molar-refractivity contribution in [3.63, 3.8) is 0 Å². The molecule has 1 unspecified atom stereocenters. The minimum atomic E-state index is -0.353. The first-order chi connectivity index (χ1) is 6.77. The Hall–Kier alpha value is -0.710. The van der Waals surface area contributed by atoms with Crippen LogP contribution in [0.15, 0.2) is 18.5 Å². The molecule has 0 aliphatic heterocycles. The van der Waals surface area contributed by atoms with Crippen LogP contribution >= 0.6 is 11.6 Å². The van der Waals surface area contributed by atoms with Gasteiger partial charge in [-0.15, -0.1) is 11.6 Å². The summed E-state index contributed by atoms with van der Waals surface area (Å²) in [6.45, 7) is 0. The van der Waals surface area contributed by atoms with Gasteiger partial charge in [-0.05, 0) is 24.5 Å². The van der Waals surface area contributed by atoms with Crippen molar-refractivity contribution in [3.05, 3.63) is 29.8 Å². The Balaban J connectivity index is 2.68. The van der Waals surface area contributed by atoms with Gasteiger partial charge in [-0.25, -0.2) is 4.39 Å². The summed E-state index contributed by atoms with van der Waals surface area (Å²) in [5, 5.41) is 0. The topological polar surface area (TPSA) is 50.9 Å². The van der Waals surface area contributed by atoms with Crippen LogP contribution in [0.4, 0.5) is 4.39 Å². The van der Waals surface area contributed by atoms with Crippen LogP contribution in [0.3, 0.4) is 0 Å². The highest BCUT2D eigenvalue weighted by molar-refractivity contribution is 6.17. The molecule has 3 N–H and O–H groups in total. The van der Waals surface area contributed by atoms with Crippen molar-refractivity contribution in [2.45, 2.75) is 18.9 Å². The van der Waals surface area contributed by atoms with Crippen LogP contribution in [0.1, 0.15) is 24.4 Å². The van der Waals surface area contributed by atoms with Crippen molar-refractivity contribution in [2.24, 2.45) is 5.84 Å². The van der Waals surface area contributed by atoms with Gasteiger partial charge in [0.15, 0.2) is 0 Å². The SMILES string of the molecule is NNC(CCCCl)c1cncc(F)c1. The zero-order valence-electron chi connectivity index (χ0n) is 7.71. The van der Waals surface area contributed by atoms with E-state index < -0.39 is 0 Å². The molecule has 0 aliphatic rings. The largest absolute Gasteiger partial charge is 0.271 e. The van der Waals surface area contributed by atoms with E-state index in [1.165, 1.54) is 12.3 Å². The molecule has 0 fully saturated rings. The average molecular weight is 218 g/mol. The highest BCUT2D eigenvalue weighted by atomic mass is 35.5. The lowest BCUT2D eigenvalue weighted by Gasteiger charge is -2.14. The van der Waals surface area contributed by atoms with E-state index >= 15 is 0 Å². The van der Waals surface area contributed by atoms with E-state index in [4.69, 9.17) is 17.4 Å². The van der Waals surface area contributed by atoms with Gasteiger partial charge in [0.05, 0.1) is 6.20 Å². The molecule has 0 spiro atoms. The number of nitrogens with two attached hydrogens (primary N) is 1. The number of nitrogens with zero attached hydrogens (tertiary/aromatic N) is 1. The summed E-state index contributed by atoms with van der Waals surface area (Å²) < 4.78 is 12.8. The van der Waals surface area contributed by atoms with E-state index in [1.54, 1.807) is 6.20 Å². The first-order valence-corrected chi connectivity index (χ1v) is 4.94. The Kier molecular flexibility index (Phi) is 4.79. The Morgan fingerprint density at radius 3 is 2.93 bits per heavy atom. The van der Waals surface area contributed by atoms with Gasteiger partial charge in [0, 0.05) is 18.1 Å². The van der Waals surface area contributed by atoms with Gasteiger partial charge in [0.25, 0.3) is 0 Å². The predicted octanol–water partition coefficient (Wildman–Crippen LogP) is 1.74. The highest BCUT2D eigenvalue weighted by Crippen LogP contribution is 2.17. The summed E-state index contributed by atoms with van der Waals surface area (Å²) in [6.07, 6.45) is 4.36. The molecular weight excluding hydrogens is 205 g/mol. The summed E-state index contributed by atoms with van der Waals surface area (Å²) in [5.74, 6) is 5.57. The number of halogens is 2. The maximum Gasteiger partial charge on any atom is 0.141 e. The number of rotatable bonds is 5. The maximum absolute atomic E-state index is 12.8. The number of hydrazine groups is 1. The van der Waals surface area contributed by atoms with Crippen LogP contribution < -0.4 is 11.3 Å². The van der Waals surface area contributed by atoms with Gasteiger partial charge in [-0.2, -0.15) is 0 Å². The minimum absolute atomic E-state index is 0.0862. The quantitative estimate of drug-likeness (QED) is 0.449. The van der Waals surface area contributed by atoms with Gasteiger partial charge < -0.3 is 0 Å². The number of hydrogen-bond donors (Lipinski definition) is 2. The third kappa shape index (κ3) is 3.21. The fraction of sp³-hybridized carbons (Fsp3) is 0.444. The standard InChI is InChI=1S/C9H13ClFN3/c10-3-1-2-9(14-12)7-4-8(11)6-13-5-7/h4-6,9,14H,1-3,12H2. The monoisotopic (exact) mass is 217 g/mol. The zero-order valence-corrected chi connectivity index (χ0v) is 8.47. The van der Waals surface area contributed by atoms with Crippen LogP contribution in [0.2, 0.25) is 0 Å². The molecule has 0 bridgehead atoms. The minimum Gasteiger partial charge on any atom is -0.271 e. The van der Waals surface area contributed by atoms with E-state index in [2.05, 4.69) is 10.4 Å². The molecule has 78 valence electrons. The van der Waals surface area contributed by atoms with Gasteiger partial charge in [-0.3, -0.25) is 16.3 Å². The third-order valence-corrected chi connectivity index (χ3v) is 2.22. The number of aromatic nitrogens is 1. The van der Waals surface area contributed by atoms with Gasteiger partial charge in [0.2, 0.25) is 0 Å². The molecular formula is C9H13ClFN3. The third-order valence-electron chi connectivity index (χ3n) is 1.96. The van der Waals surface area contributed by atoms with Crippen molar-refractivity contribution >= 4 is 11.6 Å². The Morgan fingerprint density at radius 1 is 1.57 bits per heavy atom. The first kappa shape index (κ1) is 11.4. The van der Waals surface area contributed by atoms with Crippen LogP contribution in [0, 0.1) is 5.82 Å². The van der Waals surface area contributed by atoms with E-state index in [0.29, 0.717) is 5.88 Å². The second kappa shape index (κ2) is 5.90. The Morgan fingerprint density at radius 2 is 2.36 bits per heavy atom. The van der Waals surface area contributed by atoms with Gasteiger partial charge in [0.1, 0.15) is 5.82 Å². The summed E-state index contributed by atoms with van der Waals surface area (Å²) >= 11 is 5.56. The molecule has 0 aromatic carbocycles. The van der Waals surface area contributed by atoms with E-state index in [9.17, 15) is 4.39 Å². The molecule has 0 amide bonds. The molecule has 0 saturated heterocycles. The predicted molar refractivity (Wildman–Crippen MR) is 54.2 cm³/mol. The van der Waals surface area contributed by atoms with Crippen LogP contribution in [-0.4, -0.2) is 10.9 Å². The summed E-state index contributed by atoms with van der Waals surface area (Å²) in [5.41, 5.74) is 3.36. The number of alkyl halides is 1. The lowest BCUT2D eigenvalue weighted by Crippen LogP contribution is -2.28. The lowest BCUT2D eigenvalue weighted by atomic mass is 10.1. The fourth-order valence-corrected chi connectivity index (χ4v) is 1.40.